The first-order valence-electron chi connectivity index (χ1n) is 6.60. The Labute approximate surface area is 132 Å². The maximum absolute atomic E-state index is 12.8. The van der Waals surface area contributed by atoms with Gasteiger partial charge in [0.25, 0.3) is 0 Å². The smallest absolute Gasteiger partial charge is 0.399 e. The molecule has 0 fully saturated rings. The molecule has 0 radical (unpaired) electrons. The first kappa shape index (κ1) is 17.8. The molecule has 0 aromatic heterocycles. The van der Waals surface area contributed by atoms with Crippen molar-refractivity contribution in [1.82, 2.24) is 0 Å². The van der Waals surface area contributed by atoms with Gasteiger partial charge in [-0.15, -0.1) is 0 Å². The van der Waals surface area contributed by atoms with Crippen LogP contribution in [0.2, 0.25) is 0 Å². The molecule has 0 aliphatic heterocycles. The predicted molar refractivity (Wildman–Crippen MR) is 75.5 cm³/mol. The number of rotatable bonds is 2. The van der Waals surface area contributed by atoms with Crippen molar-refractivity contribution in [3.63, 3.8) is 0 Å². The maximum Gasteiger partial charge on any atom is 0.416 e. The van der Waals surface area contributed by atoms with Crippen molar-refractivity contribution in [2.75, 3.05) is 5.73 Å². The van der Waals surface area contributed by atoms with Crippen LogP contribution in [-0.2, 0) is 12.4 Å². The molecule has 0 heterocycles. The lowest BCUT2D eigenvalue weighted by atomic mass is 9.97. The van der Waals surface area contributed by atoms with E-state index in [1.165, 1.54) is 18.2 Å². The minimum absolute atomic E-state index is 0.0228. The zero-order valence-corrected chi connectivity index (χ0v) is 12.2. The number of aryl methyl sites for hydroxylation is 1. The van der Waals surface area contributed by atoms with E-state index in [1.54, 1.807) is 6.92 Å². The lowest BCUT2D eigenvalue weighted by Crippen LogP contribution is -2.14. The van der Waals surface area contributed by atoms with Gasteiger partial charge in [-0.3, -0.25) is 4.79 Å². The topological polar surface area (TPSA) is 43.1 Å². The SMILES string of the molecule is Cc1cc(C(=O)c2cc(C(F)(F)F)cc(C(F)(F)F)c2)ccc1N. The number of halogens is 6. The number of alkyl halides is 6. The summed E-state index contributed by atoms with van der Waals surface area (Å²) in [5.74, 6) is -0.949. The van der Waals surface area contributed by atoms with E-state index in [2.05, 4.69) is 0 Å². The van der Waals surface area contributed by atoms with Gasteiger partial charge in [0.05, 0.1) is 11.1 Å². The highest BCUT2D eigenvalue weighted by atomic mass is 19.4. The third kappa shape index (κ3) is 3.69. The van der Waals surface area contributed by atoms with Gasteiger partial charge in [-0.25, -0.2) is 0 Å². The summed E-state index contributed by atoms with van der Waals surface area (Å²) in [4.78, 5) is 12.3. The largest absolute Gasteiger partial charge is 0.416 e. The Bertz CT molecular complexity index is 760. The molecule has 2 aromatic carbocycles. The Balaban J connectivity index is 2.60. The lowest BCUT2D eigenvalue weighted by molar-refractivity contribution is -0.143. The first-order chi connectivity index (χ1) is 10.9. The van der Waals surface area contributed by atoms with Crippen molar-refractivity contribution in [3.05, 3.63) is 64.2 Å². The molecular formula is C16H11F6NO. The van der Waals surface area contributed by atoms with Crippen molar-refractivity contribution in [2.45, 2.75) is 19.3 Å². The molecular weight excluding hydrogens is 336 g/mol. The Morgan fingerprint density at radius 2 is 1.33 bits per heavy atom. The third-order valence-electron chi connectivity index (χ3n) is 3.38. The zero-order valence-electron chi connectivity index (χ0n) is 12.2. The predicted octanol–water partition coefficient (Wildman–Crippen LogP) is 4.85. The lowest BCUT2D eigenvalue weighted by Gasteiger charge is -2.14. The first-order valence-corrected chi connectivity index (χ1v) is 6.60. The normalized spacial score (nSPS) is 12.3. The fourth-order valence-electron chi connectivity index (χ4n) is 2.07. The zero-order chi connectivity index (χ0) is 18.3. The summed E-state index contributed by atoms with van der Waals surface area (Å²) < 4.78 is 76.9. The molecule has 0 bridgehead atoms. The number of hydrogen-bond donors (Lipinski definition) is 1. The molecule has 2 N–H and O–H groups in total. The minimum Gasteiger partial charge on any atom is -0.399 e. The van der Waals surface area contributed by atoms with Crippen LogP contribution in [0.5, 0.6) is 0 Å². The number of hydrogen-bond acceptors (Lipinski definition) is 2. The number of benzene rings is 2. The Morgan fingerprint density at radius 1 is 0.833 bits per heavy atom. The average molecular weight is 347 g/mol. The van der Waals surface area contributed by atoms with E-state index in [9.17, 15) is 31.1 Å². The Morgan fingerprint density at radius 3 is 1.75 bits per heavy atom. The standard InChI is InChI=1S/C16H11F6NO/c1-8-4-9(2-3-13(8)23)14(24)10-5-11(15(17,18)19)7-12(6-10)16(20,21)22/h2-7H,23H2,1H3. The summed E-state index contributed by atoms with van der Waals surface area (Å²) in [7, 11) is 0. The van der Waals surface area contributed by atoms with Gasteiger partial charge in [0.2, 0.25) is 0 Å². The molecule has 0 saturated heterocycles. The molecule has 2 rings (SSSR count). The number of nitrogen functional groups attached to an aromatic ring is 1. The average Bonchev–Trinajstić information content (AvgIpc) is 2.47. The van der Waals surface area contributed by atoms with Gasteiger partial charge < -0.3 is 5.73 Å². The van der Waals surface area contributed by atoms with Crippen molar-refractivity contribution in [3.8, 4) is 0 Å². The Kier molecular flexibility index (Phi) is 4.34. The molecule has 0 aliphatic rings. The quantitative estimate of drug-likeness (QED) is 0.480. The van der Waals surface area contributed by atoms with Crippen LogP contribution in [0.1, 0.15) is 32.6 Å². The molecule has 0 atom stereocenters. The summed E-state index contributed by atoms with van der Waals surface area (Å²) in [5, 5.41) is 0. The summed E-state index contributed by atoms with van der Waals surface area (Å²) in [6.07, 6.45) is -10.0. The van der Waals surface area contributed by atoms with Crippen LogP contribution in [0, 0.1) is 6.92 Å². The minimum atomic E-state index is -5.01. The van der Waals surface area contributed by atoms with Gasteiger partial charge in [0.1, 0.15) is 0 Å². The van der Waals surface area contributed by atoms with Crippen LogP contribution in [-0.4, -0.2) is 5.78 Å². The fraction of sp³-hybridized carbons (Fsp3) is 0.188. The van der Waals surface area contributed by atoms with Crippen LogP contribution >= 0.6 is 0 Å². The highest BCUT2D eigenvalue weighted by Gasteiger charge is 2.37. The van der Waals surface area contributed by atoms with Gasteiger partial charge in [0.15, 0.2) is 5.78 Å². The molecule has 8 heteroatoms. The fourth-order valence-corrected chi connectivity index (χ4v) is 2.07. The van der Waals surface area contributed by atoms with Gasteiger partial charge in [-0.05, 0) is 48.9 Å². The number of ketones is 1. The van der Waals surface area contributed by atoms with E-state index in [4.69, 9.17) is 5.73 Å². The third-order valence-corrected chi connectivity index (χ3v) is 3.38. The summed E-state index contributed by atoms with van der Waals surface area (Å²) in [6.45, 7) is 1.57. The number of carbonyl (C=O) groups excluding carboxylic acids is 1. The van der Waals surface area contributed by atoms with E-state index in [0.29, 0.717) is 23.4 Å². The van der Waals surface area contributed by atoms with Crippen LogP contribution in [0.4, 0.5) is 32.0 Å². The van der Waals surface area contributed by atoms with Gasteiger partial charge in [-0.1, -0.05) is 0 Å². The summed E-state index contributed by atoms with van der Waals surface area (Å²) in [5.41, 5.74) is 2.62. The van der Waals surface area contributed by atoms with E-state index in [0.717, 1.165) is 0 Å². The molecule has 0 spiro atoms. The van der Waals surface area contributed by atoms with Gasteiger partial charge in [-0.2, -0.15) is 26.3 Å². The molecule has 2 aromatic rings. The van der Waals surface area contributed by atoms with Crippen molar-refractivity contribution in [2.24, 2.45) is 0 Å². The summed E-state index contributed by atoms with van der Waals surface area (Å²) in [6, 6.07) is 4.71. The Hall–Kier alpha value is -2.51. The second-order valence-corrected chi connectivity index (χ2v) is 5.20. The van der Waals surface area contributed by atoms with E-state index < -0.39 is 34.8 Å². The van der Waals surface area contributed by atoms with Crippen LogP contribution < -0.4 is 5.73 Å². The number of nitrogens with two attached hydrogens (primary N) is 1. The molecule has 0 unspecified atom stereocenters. The summed E-state index contributed by atoms with van der Waals surface area (Å²) >= 11 is 0. The second-order valence-electron chi connectivity index (χ2n) is 5.20. The molecule has 2 nitrogen and oxygen atoms in total. The van der Waals surface area contributed by atoms with Crippen molar-refractivity contribution in [1.29, 1.82) is 0 Å². The molecule has 24 heavy (non-hydrogen) atoms. The number of anilines is 1. The highest BCUT2D eigenvalue weighted by molar-refractivity contribution is 6.09. The number of carbonyl (C=O) groups is 1. The van der Waals surface area contributed by atoms with Crippen LogP contribution in [0.25, 0.3) is 0 Å². The van der Waals surface area contributed by atoms with Gasteiger partial charge >= 0.3 is 12.4 Å². The van der Waals surface area contributed by atoms with E-state index in [1.807, 2.05) is 0 Å². The van der Waals surface area contributed by atoms with E-state index in [-0.39, 0.29) is 11.6 Å². The molecule has 128 valence electrons. The van der Waals surface area contributed by atoms with Crippen molar-refractivity contribution < 1.29 is 31.1 Å². The maximum atomic E-state index is 12.8. The molecule has 0 saturated carbocycles. The highest BCUT2D eigenvalue weighted by Crippen LogP contribution is 2.36. The van der Waals surface area contributed by atoms with Crippen LogP contribution in [0.15, 0.2) is 36.4 Å². The molecule has 0 aliphatic carbocycles. The van der Waals surface area contributed by atoms with Gasteiger partial charge in [0, 0.05) is 16.8 Å². The van der Waals surface area contributed by atoms with Crippen molar-refractivity contribution >= 4 is 11.5 Å². The molecule has 0 amide bonds. The van der Waals surface area contributed by atoms with Crippen LogP contribution in [0.3, 0.4) is 0 Å². The van der Waals surface area contributed by atoms with E-state index >= 15 is 0 Å². The second kappa shape index (κ2) is 5.85. The monoisotopic (exact) mass is 347 g/mol.